The SMILES string of the molecule is O=C(Cc1ccccc1)NCCC(=O)N[C@H](CO)c1ccccc1. The zero-order valence-corrected chi connectivity index (χ0v) is 13.4. The van der Waals surface area contributed by atoms with Crippen LogP contribution in [0.3, 0.4) is 0 Å². The molecule has 0 saturated carbocycles. The van der Waals surface area contributed by atoms with E-state index >= 15 is 0 Å². The summed E-state index contributed by atoms with van der Waals surface area (Å²) in [5, 5.41) is 14.9. The minimum Gasteiger partial charge on any atom is -0.394 e. The number of carbonyl (C=O) groups is 2. The lowest BCUT2D eigenvalue weighted by Gasteiger charge is -2.16. The lowest BCUT2D eigenvalue weighted by Crippen LogP contribution is -2.34. The fraction of sp³-hybridized carbons (Fsp3) is 0.263. The molecule has 0 bridgehead atoms. The van der Waals surface area contributed by atoms with E-state index in [9.17, 15) is 14.7 Å². The Morgan fingerprint density at radius 2 is 1.54 bits per heavy atom. The van der Waals surface area contributed by atoms with Crippen LogP contribution in [0.4, 0.5) is 0 Å². The van der Waals surface area contributed by atoms with Crippen molar-refractivity contribution in [3.8, 4) is 0 Å². The second kappa shape index (κ2) is 9.47. The summed E-state index contributed by atoms with van der Waals surface area (Å²) in [4.78, 5) is 23.8. The number of rotatable bonds is 8. The highest BCUT2D eigenvalue weighted by Crippen LogP contribution is 2.11. The van der Waals surface area contributed by atoms with Crippen molar-refractivity contribution in [3.05, 3.63) is 71.8 Å². The van der Waals surface area contributed by atoms with Gasteiger partial charge in [-0.25, -0.2) is 0 Å². The predicted molar refractivity (Wildman–Crippen MR) is 92.2 cm³/mol. The molecule has 0 aromatic heterocycles. The van der Waals surface area contributed by atoms with Gasteiger partial charge in [0.15, 0.2) is 0 Å². The average molecular weight is 326 g/mol. The highest BCUT2D eigenvalue weighted by atomic mass is 16.3. The Morgan fingerprint density at radius 3 is 2.17 bits per heavy atom. The monoisotopic (exact) mass is 326 g/mol. The van der Waals surface area contributed by atoms with Crippen LogP contribution in [-0.2, 0) is 16.0 Å². The fourth-order valence-corrected chi connectivity index (χ4v) is 2.35. The van der Waals surface area contributed by atoms with Crippen LogP contribution in [0.15, 0.2) is 60.7 Å². The molecule has 1 atom stereocenters. The normalized spacial score (nSPS) is 11.5. The van der Waals surface area contributed by atoms with Gasteiger partial charge in [0.2, 0.25) is 11.8 Å². The second-order valence-electron chi connectivity index (χ2n) is 5.48. The van der Waals surface area contributed by atoms with Crippen LogP contribution in [0.25, 0.3) is 0 Å². The first-order chi connectivity index (χ1) is 11.7. The Kier molecular flexibility index (Phi) is 6.98. The maximum Gasteiger partial charge on any atom is 0.224 e. The van der Waals surface area contributed by atoms with E-state index < -0.39 is 6.04 Å². The van der Waals surface area contributed by atoms with Crippen molar-refractivity contribution >= 4 is 11.8 Å². The number of aliphatic hydroxyl groups excluding tert-OH is 1. The molecule has 126 valence electrons. The Bertz CT molecular complexity index is 644. The molecule has 0 aliphatic carbocycles. The molecule has 0 unspecified atom stereocenters. The molecule has 0 aliphatic rings. The van der Waals surface area contributed by atoms with E-state index in [2.05, 4.69) is 10.6 Å². The number of hydrogen-bond acceptors (Lipinski definition) is 3. The van der Waals surface area contributed by atoms with E-state index in [1.807, 2.05) is 60.7 Å². The molecule has 24 heavy (non-hydrogen) atoms. The Morgan fingerprint density at radius 1 is 0.917 bits per heavy atom. The smallest absolute Gasteiger partial charge is 0.224 e. The first-order valence-corrected chi connectivity index (χ1v) is 7.95. The molecule has 5 heteroatoms. The van der Waals surface area contributed by atoms with Crippen LogP contribution in [0.1, 0.15) is 23.6 Å². The zero-order valence-electron chi connectivity index (χ0n) is 13.4. The maximum absolute atomic E-state index is 12.0. The topological polar surface area (TPSA) is 78.4 Å². The maximum atomic E-state index is 12.0. The molecule has 2 rings (SSSR count). The van der Waals surface area contributed by atoms with Crippen molar-refractivity contribution in [1.29, 1.82) is 0 Å². The summed E-state index contributed by atoms with van der Waals surface area (Å²) < 4.78 is 0. The van der Waals surface area contributed by atoms with Gasteiger partial charge >= 0.3 is 0 Å². The largest absolute Gasteiger partial charge is 0.394 e. The van der Waals surface area contributed by atoms with Crippen molar-refractivity contribution in [2.75, 3.05) is 13.2 Å². The number of carbonyl (C=O) groups excluding carboxylic acids is 2. The van der Waals surface area contributed by atoms with Crippen molar-refractivity contribution in [3.63, 3.8) is 0 Å². The van der Waals surface area contributed by atoms with E-state index in [0.29, 0.717) is 6.42 Å². The van der Waals surface area contributed by atoms with Gasteiger partial charge in [-0.05, 0) is 11.1 Å². The lowest BCUT2D eigenvalue weighted by molar-refractivity contribution is -0.122. The van der Waals surface area contributed by atoms with Crippen LogP contribution in [0.5, 0.6) is 0 Å². The Balaban J connectivity index is 1.72. The average Bonchev–Trinajstić information content (AvgIpc) is 2.61. The quantitative estimate of drug-likeness (QED) is 0.689. The van der Waals surface area contributed by atoms with Crippen molar-refractivity contribution in [2.45, 2.75) is 18.9 Å². The first kappa shape index (κ1) is 17.7. The molecule has 0 aliphatic heterocycles. The van der Waals surface area contributed by atoms with Gasteiger partial charge in [0.1, 0.15) is 0 Å². The third kappa shape index (κ3) is 5.85. The third-order valence-electron chi connectivity index (χ3n) is 3.60. The predicted octanol–water partition coefficient (Wildman–Crippen LogP) is 1.59. The second-order valence-corrected chi connectivity index (χ2v) is 5.48. The van der Waals surface area contributed by atoms with Gasteiger partial charge in [0.25, 0.3) is 0 Å². The van der Waals surface area contributed by atoms with E-state index in [0.717, 1.165) is 11.1 Å². The lowest BCUT2D eigenvalue weighted by atomic mass is 10.1. The molecule has 0 heterocycles. The van der Waals surface area contributed by atoms with Crippen molar-refractivity contribution < 1.29 is 14.7 Å². The molecule has 0 radical (unpaired) electrons. The summed E-state index contributed by atoms with van der Waals surface area (Å²) in [5.74, 6) is -0.325. The number of aliphatic hydroxyl groups is 1. The molecule has 0 spiro atoms. The summed E-state index contributed by atoms with van der Waals surface area (Å²) in [7, 11) is 0. The molecular weight excluding hydrogens is 304 g/mol. The molecule has 3 N–H and O–H groups in total. The number of nitrogens with one attached hydrogen (secondary N) is 2. The first-order valence-electron chi connectivity index (χ1n) is 7.95. The van der Waals surface area contributed by atoms with Gasteiger partial charge < -0.3 is 15.7 Å². The van der Waals surface area contributed by atoms with Crippen LogP contribution >= 0.6 is 0 Å². The van der Waals surface area contributed by atoms with E-state index in [4.69, 9.17) is 0 Å². The molecule has 5 nitrogen and oxygen atoms in total. The summed E-state index contributed by atoms with van der Waals surface area (Å²) in [5.41, 5.74) is 1.78. The highest BCUT2D eigenvalue weighted by Gasteiger charge is 2.13. The molecule has 0 saturated heterocycles. The Labute approximate surface area is 141 Å². The van der Waals surface area contributed by atoms with Crippen LogP contribution in [0, 0.1) is 0 Å². The zero-order chi connectivity index (χ0) is 17.2. The highest BCUT2D eigenvalue weighted by molar-refractivity contribution is 5.80. The van der Waals surface area contributed by atoms with Gasteiger partial charge in [-0.3, -0.25) is 9.59 Å². The minimum atomic E-state index is -0.432. The summed E-state index contributed by atoms with van der Waals surface area (Å²) >= 11 is 0. The van der Waals surface area contributed by atoms with Gasteiger partial charge in [-0.1, -0.05) is 60.7 Å². The van der Waals surface area contributed by atoms with Crippen LogP contribution in [0.2, 0.25) is 0 Å². The van der Waals surface area contributed by atoms with Crippen LogP contribution in [-0.4, -0.2) is 30.1 Å². The molecular formula is C19H22N2O3. The fourth-order valence-electron chi connectivity index (χ4n) is 2.35. The molecule has 0 fully saturated rings. The van der Waals surface area contributed by atoms with Gasteiger partial charge in [-0.2, -0.15) is 0 Å². The molecule has 2 amide bonds. The van der Waals surface area contributed by atoms with Crippen LogP contribution < -0.4 is 10.6 Å². The number of amides is 2. The van der Waals surface area contributed by atoms with E-state index in [-0.39, 0.29) is 31.4 Å². The van der Waals surface area contributed by atoms with E-state index in [1.165, 1.54) is 0 Å². The summed E-state index contributed by atoms with van der Waals surface area (Å²) in [6.45, 7) is 0.0978. The van der Waals surface area contributed by atoms with E-state index in [1.54, 1.807) is 0 Å². The van der Waals surface area contributed by atoms with Crippen molar-refractivity contribution in [1.82, 2.24) is 10.6 Å². The Hall–Kier alpha value is -2.66. The van der Waals surface area contributed by atoms with Gasteiger partial charge in [0, 0.05) is 13.0 Å². The number of benzene rings is 2. The van der Waals surface area contributed by atoms with Crippen molar-refractivity contribution in [2.24, 2.45) is 0 Å². The summed E-state index contributed by atoms with van der Waals surface area (Å²) in [6.07, 6.45) is 0.468. The summed E-state index contributed by atoms with van der Waals surface area (Å²) in [6, 6.07) is 18.3. The minimum absolute atomic E-state index is 0.115. The van der Waals surface area contributed by atoms with Gasteiger partial charge in [0.05, 0.1) is 19.1 Å². The molecule has 2 aromatic carbocycles. The third-order valence-corrected chi connectivity index (χ3v) is 3.60. The molecule has 2 aromatic rings. The van der Waals surface area contributed by atoms with Gasteiger partial charge in [-0.15, -0.1) is 0 Å². The standard InChI is InChI=1S/C19H22N2O3/c22-14-17(16-9-5-2-6-10-16)21-18(23)11-12-20-19(24)13-15-7-3-1-4-8-15/h1-10,17,22H,11-14H2,(H,20,24)(H,21,23)/t17-/m1/s1. The number of hydrogen-bond donors (Lipinski definition) is 3.